The summed E-state index contributed by atoms with van der Waals surface area (Å²) in [6, 6.07) is 0.155. The summed E-state index contributed by atoms with van der Waals surface area (Å²) >= 11 is 0. The second-order valence-electron chi connectivity index (χ2n) is 4.52. The lowest BCUT2D eigenvalue weighted by molar-refractivity contribution is -0.136. The predicted molar refractivity (Wildman–Crippen MR) is 61.0 cm³/mol. The molecule has 2 saturated heterocycles. The second-order valence-corrected chi connectivity index (χ2v) is 4.52. The van der Waals surface area contributed by atoms with Gasteiger partial charge in [-0.2, -0.15) is 0 Å². The lowest BCUT2D eigenvalue weighted by atomic mass is 10.1. The average Bonchev–Trinajstić information content (AvgIpc) is 2.81. The van der Waals surface area contributed by atoms with E-state index >= 15 is 0 Å². The third-order valence-electron chi connectivity index (χ3n) is 3.37. The second kappa shape index (κ2) is 5.61. The molecule has 2 heterocycles. The molecule has 5 heteroatoms. The van der Waals surface area contributed by atoms with E-state index < -0.39 is 0 Å². The molecule has 2 unspecified atom stereocenters. The van der Waals surface area contributed by atoms with E-state index in [9.17, 15) is 4.79 Å². The van der Waals surface area contributed by atoms with Crippen LogP contribution < -0.4 is 11.1 Å². The Hall–Kier alpha value is -0.650. The Morgan fingerprint density at radius 3 is 3.12 bits per heavy atom. The molecule has 92 valence electrons. The largest absolute Gasteiger partial charge is 0.378 e. The first kappa shape index (κ1) is 11.8. The number of hydrogen-bond donors (Lipinski definition) is 2. The van der Waals surface area contributed by atoms with E-state index in [2.05, 4.69) is 5.32 Å². The molecule has 2 fully saturated rings. The summed E-state index contributed by atoms with van der Waals surface area (Å²) in [6.07, 6.45) is 2.77. The van der Waals surface area contributed by atoms with Gasteiger partial charge in [0.15, 0.2) is 0 Å². The molecule has 0 aromatic heterocycles. The number of carbonyl (C=O) groups is 1. The molecule has 0 aromatic carbocycles. The fourth-order valence-electron chi connectivity index (χ4n) is 2.42. The van der Waals surface area contributed by atoms with Crippen molar-refractivity contribution in [2.45, 2.75) is 31.4 Å². The number of nitrogens with two attached hydrogens (primary N) is 1. The lowest BCUT2D eigenvalue weighted by Crippen LogP contribution is -2.56. The van der Waals surface area contributed by atoms with E-state index in [4.69, 9.17) is 10.5 Å². The molecular formula is C11H21N3O2. The Labute approximate surface area is 96.3 Å². The van der Waals surface area contributed by atoms with Crippen LogP contribution in [-0.4, -0.2) is 55.7 Å². The highest BCUT2D eigenvalue weighted by atomic mass is 16.5. The van der Waals surface area contributed by atoms with E-state index in [0.29, 0.717) is 13.0 Å². The van der Waals surface area contributed by atoms with Gasteiger partial charge in [-0.3, -0.25) is 4.79 Å². The molecule has 2 atom stereocenters. The zero-order chi connectivity index (χ0) is 11.4. The maximum absolute atomic E-state index is 12.1. The van der Waals surface area contributed by atoms with Crippen molar-refractivity contribution in [2.24, 2.45) is 5.73 Å². The third kappa shape index (κ3) is 2.72. The number of piperazine rings is 1. The van der Waals surface area contributed by atoms with Gasteiger partial charge in [0, 0.05) is 32.8 Å². The molecule has 2 rings (SSSR count). The smallest absolute Gasteiger partial charge is 0.225 e. The molecule has 0 aromatic rings. The normalized spacial score (nSPS) is 30.7. The number of hydrogen-bond acceptors (Lipinski definition) is 4. The van der Waals surface area contributed by atoms with Crippen LogP contribution in [0.3, 0.4) is 0 Å². The van der Waals surface area contributed by atoms with Crippen molar-refractivity contribution >= 4 is 5.91 Å². The van der Waals surface area contributed by atoms with Gasteiger partial charge in [-0.1, -0.05) is 0 Å². The number of carbonyl (C=O) groups excluding carboxylic acids is 1. The number of nitrogens with zero attached hydrogens (tertiary/aromatic N) is 1. The summed E-state index contributed by atoms with van der Waals surface area (Å²) in [5.74, 6) is 0.198. The molecule has 1 amide bonds. The van der Waals surface area contributed by atoms with Crippen LogP contribution in [0.5, 0.6) is 0 Å². The van der Waals surface area contributed by atoms with Crippen molar-refractivity contribution < 1.29 is 9.53 Å². The molecule has 5 nitrogen and oxygen atoms in total. The van der Waals surface area contributed by atoms with Gasteiger partial charge >= 0.3 is 0 Å². The highest BCUT2D eigenvalue weighted by Gasteiger charge is 2.28. The van der Waals surface area contributed by atoms with Gasteiger partial charge in [-0.05, 0) is 12.8 Å². The Morgan fingerprint density at radius 1 is 1.56 bits per heavy atom. The zero-order valence-corrected chi connectivity index (χ0v) is 9.65. The van der Waals surface area contributed by atoms with Crippen molar-refractivity contribution in [2.75, 3.05) is 32.8 Å². The van der Waals surface area contributed by atoms with E-state index in [1.165, 1.54) is 0 Å². The standard InChI is InChI=1S/C11H21N3O2/c12-7-9-8-13-3-4-14(9)11(15)6-10-2-1-5-16-10/h9-10,13H,1-8,12H2. The van der Waals surface area contributed by atoms with Gasteiger partial charge in [0.1, 0.15) is 0 Å². The number of amides is 1. The first-order valence-corrected chi connectivity index (χ1v) is 6.13. The molecule has 2 aliphatic rings. The van der Waals surface area contributed by atoms with Crippen molar-refractivity contribution in [1.29, 1.82) is 0 Å². The minimum absolute atomic E-state index is 0.140. The topological polar surface area (TPSA) is 67.6 Å². The van der Waals surface area contributed by atoms with Crippen molar-refractivity contribution in [1.82, 2.24) is 10.2 Å². The fraction of sp³-hybridized carbons (Fsp3) is 0.909. The Kier molecular flexibility index (Phi) is 4.15. The van der Waals surface area contributed by atoms with Crippen molar-refractivity contribution in [3.8, 4) is 0 Å². The van der Waals surface area contributed by atoms with E-state index in [1.54, 1.807) is 0 Å². The van der Waals surface area contributed by atoms with E-state index in [0.717, 1.165) is 39.1 Å². The van der Waals surface area contributed by atoms with Gasteiger partial charge in [0.05, 0.1) is 18.6 Å². The van der Waals surface area contributed by atoms with Gasteiger partial charge in [0.25, 0.3) is 0 Å². The molecule has 2 aliphatic heterocycles. The number of nitrogens with one attached hydrogen (secondary N) is 1. The highest BCUT2D eigenvalue weighted by molar-refractivity contribution is 5.77. The molecule has 0 spiro atoms. The van der Waals surface area contributed by atoms with Gasteiger partial charge < -0.3 is 20.7 Å². The van der Waals surface area contributed by atoms with Crippen LogP contribution in [0.4, 0.5) is 0 Å². The summed E-state index contributed by atoms with van der Waals surface area (Å²) in [5, 5.41) is 3.26. The van der Waals surface area contributed by atoms with Crippen LogP contribution in [0, 0.1) is 0 Å². The summed E-state index contributed by atoms with van der Waals surface area (Å²) < 4.78 is 5.49. The zero-order valence-electron chi connectivity index (χ0n) is 9.65. The van der Waals surface area contributed by atoms with Crippen LogP contribution in [0.2, 0.25) is 0 Å². The summed E-state index contributed by atoms with van der Waals surface area (Å²) in [5.41, 5.74) is 5.67. The maximum Gasteiger partial charge on any atom is 0.225 e. The van der Waals surface area contributed by atoms with Crippen molar-refractivity contribution in [3.05, 3.63) is 0 Å². The highest BCUT2D eigenvalue weighted by Crippen LogP contribution is 2.17. The average molecular weight is 227 g/mol. The van der Waals surface area contributed by atoms with Crippen LogP contribution >= 0.6 is 0 Å². The molecular weight excluding hydrogens is 206 g/mol. The third-order valence-corrected chi connectivity index (χ3v) is 3.37. The quantitative estimate of drug-likeness (QED) is 0.670. The van der Waals surface area contributed by atoms with E-state index in [1.807, 2.05) is 4.90 Å². The Morgan fingerprint density at radius 2 is 2.44 bits per heavy atom. The first-order chi connectivity index (χ1) is 7.81. The van der Waals surface area contributed by atoms with Crippen molar-refractivity contribution in [3.63, 3.8) is 0 Å². The lowest BCUT2D eigenvalue weighted by Gasteiger charge is -2.36. The Bertz CT molecular complexity index is 241. The maximum atomic E-state index is 12.1. The minimum atomic E-state index is 0.140. The van der Waals surface area contributed by atoms with Gasteiger partial charge in [-0.25, -0.2) is 0 Å². The summed E-state index contributed by atoms with van der Waals surface area (Å²) in [4.78, 5) is 14.0. The van der Waals surface area contributed by atoms with Gasteiger partial charge in [-0.15, -0.1) is 0 Å². The Balaban J connectivity index is 1.86. The number of rotatable bonds is 3. The van der Waals surface area contributed by atoms with Crippen LogP contribution in [0.1, 0.15) is 19.3 Å². The minimum Gasteiger partial charge on any atom is -0.378 e. The fourth-order valence-corrected chi connectivity index (χ4v) is 2.42. The number of ether oxygens (including phenoxy) is 1. The molecule has 16 heavy (non-hydrogen) atoms. The van der Waals surface area contributed by atoms with Crippen LogP contribution in [-0.2, 0) is 9.53 Å². The molecule has 0 radical (unpaired) electrons. The molecule has 0 saturated carbocycles. The summed E-state index contributed by atoms with van der Waals surface area (Å²) in [6.45, 7) is 3.79. The molecule has 0 aliphatic carbocycles. The van der Waals surface area contributed by atoms with Crippen LogP contribution in [0.15, 0.2) is 0 Å². The predicted octanol–water partition coefficient (Wildman–Crippen LogP) is -0.685. The first-order valence-electron chi connectivity index (χ1n) is 6.13. The molecule has 0 bridgehead atoms. The SMILES string of the molecule is NCC1CNCCN1C(=O)CC1CCCO1. The van der Waals surface area contributed by atoms with Gasteiger partial charge in [0.2, 0.25) is 5.91 Å². The van der Waals surface area contributed by atoms with Crippen LogP contribution in [0.25, 0.3) is 0 Å². The van der Waals surface area contributed by atoms with E-state index in [-0.39, 0.29) is 18.1 Å². The molecule has 3 N–H and O–H groups in total. The summed E-state index contributed by atoms with van der Waals surface area (Å²) in [7, 11) is 0. The monoisotopic (exact) mass is 227 g/mol.